The predicted octanol–water partition coefficient (Wildman–Crippen LogP) is 2.94. The number of nitrogens with zero attached hydrogens (tertiary/aromatic N) is 3. The summed E-state index contributed by atoms with van der Waals surface area (Å²) in [6.07, 6.45) is 3.92. The first-order valence-corrected chi connectivity index (χ1v) is 8.02. The zero-order chi connectivity index (χ0) is 14.9. The first-order chi connectivity index (χ1) is 10.8. The van der Waals surface area contributed by atoms with E-state index >= 15 is 0 Å². The van der Waals surface area contributed by atoms with Crippen molar-refractivity contribution in [3.05, 3.63) is 30.2 Å². The Balaban J connectivity index is 1.49. The van der Waals surface area contributed by atoms with Gasteiger partial charge in [0.05, 0.1) is 18.6 Å². The van der Waals surface area contributed by atoms with Crippen LogP contribution in [0.1, 0.15) is 31.1 Å². The summed E-state index contributed by atoms with van der Waals surface area (Å²) in [5, 5.41) is 8.50. The number of rotatable bonds is 5. The fourth-order valence-electron chi connectivity index (χ4n) is 3.20. The molecule has 0 amide bonds. The summed E-state index contributed by atoms with van der Waals surface area (Å²) in [5.74, 6) is 3.38. The van der Waals surface area contributed by atoms with Crippen LogP contribution in [0.5, 0.6) is 5.75 Å². The highest BCUT2D eigenvalue weighted by Crippen LogP contribution is 2.35. The summed E-state index contributed by atoms with van der Waals surface area (Å²) in [5.41, 5.74) is 0.858. The van der Waals surface area contributed by atoms with E-state index in [-0.39, 0.29) is 0 Å². The second kappa shape index (κ2) is 5.72. The molecule has 1 aliphatic heterocycles. The molecule has 2 aliphatic rings. The summed E-state index contributed by atoms with van der Waals surface area (Å²) < 4.78 is 11.3. The Kier molecular flexibility index (Phi) is 3.58. The molecule has 5 nitrogen and oxygen atoms in total. The number of benzene rings is 1. The van der Waals surface area contributed by atoms with E-state index in [1.807, 2.05) is 24.3 Å². The van der Waals surface area contributed by atoms with Crippen molar-refractivity contribution in [3.63, 3.8) is 0 Å². The van der Waals surface area contributed by atoms with Gasteiger partial charge in [-0.1, -0.05) is 12.1 Å². The highest BCUT2D eigenvalue weighted by atomic mass is 16.5. The van der Waals surface area contributed by atoms with E-state index in [0.29, 0.717) is 11.8 Å². The van der Waals surface area contributed by atoms with E-state index in [4.69, 9.17) is 9.15 Å². The molecular formula is C17H21N3O2. The standard InChI is InChI=1S/C17H21N3O2/c1-21-15-5-3-2-4-14(15)17-19-18-16(22-17)13-8-9-20(11-13)10-12-6-7-12/h2-5,12-13H,6-11H2,1H3. The van der Waals surface area contributed by atoms with Crippen molar-refractivity contribution in [2.75, 3.05) is 26.7 Å². The summed E-state index contributed by atoms with van der Waals surface area (Å²) in [6.45, 7) is 3.43. The minimum atomic E-state index is 0.370. The van der Waals surface area contributed by atoms with Crippen molar-refractivity contribution in [2.45, 2.75) is 25.2 Å². The molecule has 4 rings (SSSR count). The van der Waals surface area contributed by atoms with Crippen LogP contribution in [0.2, 0.25) is 0 Å². The first-order valence-electron chi connectivity index (χ1n) is 8.02. The van der Waals surface area contributed by atoms with Gasteiger partial charge in [0.1, 0.15) is 5.75 Å². The molecule has 0 radical (unpaired) electrons. The van der Waals surface area contributed by atoms with Gasteiger partial charge in [-0.05, 0) is 43.9 Å². The van der Waals surface area contributed by atoms with Gasteiger partial charge < -0.3 is 14.1 Å². The zero-order valence-corrected chi connectivity index (χ0v) is 12.9. The molecule has 1 saturated heterocycles. The molecule has 2 aromatic rings. The monoisotopic (exact) mass is 299 g/mol. The van der Waals surface area contributed by atoms with Gasteiger partial charge >= 0.3 is 0 Å². The van der Waals surface area contributed by atoms with Crippen LogP contribution in [0.25, 0.3) is 11.5 Å². The molecule has 5 heteroatoms. The van der Waals surface area contributed by atoms with Crippen LogP contribution in [0.4, 0.5) is 0 Å². The van der Waals surface area contributed by atoms with Gasteiger partial charge in [-0.2, -0.15) is 0 Å². The lowest BCUT2D eigenvalue weighted by molar-refractivity contribution is 0.314. The highest BCUT2D eigenvalue weighted by Gasteiger charge is 2.32. The third-order valence-electron chi connectivity index (χ3n) is 4.61. The van der Waals surface area contributed by atoms with Crippen molar-refractivity contribution >= 4 is 0 Å². The molecule has 1 unspecified atom stereocenters. The summed E-state index contributed by atoms with van der Waals surface area (Å²) in [6, 6.07) is 7.75. The predicted molar refractivity (Wildman–Crippen MR) is 82.8 cm³/mol. The number of likely N-dealkylation sites (tertiary alicyclic amines) is 1. The molecule has 1 atom stereocenters. The fourth-order valence-corrected chi connectivity index (χ4v) is 3.20. The SMILES string of the molecule is COc1ccccc1-c1nnc(C2CCN(CC3CC3)C2)o1. The smallest absolute Gasteiger partial charge is 0.251 e. The normalized spacial score (nSPS) is 22.1. The zero-order valence-electron chi connectivity index (χ0n) is 12.9. The van der Waals surface area contributed by atoms with Crippen LogP contribution >= 0.6 is 0 Å². The maximum atomic E-state index is 5.94. The summed E-state index contributed by atoms with van der Waals surface area (Å²) >= 11 is 0. The molecule has 0 N–H and O–H groups in total. The Morgan fingerprint density at radius 2 is 2.09 bits per heavy atom. The van der Waals surface area contributed by atoms with Crippen molar-refractivity contribution in [1.82, 2.24) is 15.1 Å². The van der Waals surface area contributed by atoms with Gasteiger partial charge in [-0.3, -0.25) is 0 Å². The molecule has 2 fully saturated rings. The molecule has 1 saturated carbocycles. The van der Waals surface area contributed by atoms with Gasteiger partial charge in [0.2, 0.25) is 5.89 Å². The Labute approximate surface area is 130 Å². The molecule has 1 aliphatic carbocycles. The highest BCUT2D eigenvalue weighted by molar-refractivity contribution is 5.62. The molecule has 116 valence electrons. The number of ether oxygens (including phenoxy) is 1. The lowest BCUT2D eigenvalue weighted by Crippen LogP contribution is -2.22. The minimum absolute atomic E-state index is 0.370. The van der Waals surface area contributed by atoms with Crippen LogP contribution in [-0.2, 0) is 0 Å². The average molecular weight is 299 g/mol. The quantitative estimate of drug-likeness (QED) is 0.849. The van der Waals surface area contributed by atoms with E-state index in [0.717, 1.165) is 42.6 Å². The summed E-state index contributed by atoms with van der Waals surface area (Å²) in [7, 11) is 1.66. The maximum absolute atomic E-state index is 5.94. The van der Waals surface area contributed by atoms with E-state index in [1.165, 1.54) is 19.4 Å². The number of hydrogen-bond donors (Lipinski definition) is 0. The molecule has 1 aromatic carbocycles. The van der Waals surface area contributed by atoms with Crippen LogP contribution in [0, 0.1) is 5.92 Å². The second-order valence-electron chi connectivity index (χ2n) is 6.33. The van der Waals surface area contributed by atoms with Crippen molar-refractivity contribution in [1.29, 1.82) is 0 Å². The lowest BCUT2D eigenvalue weighted by Gasteiger charge is -2.13. The number of methoxy groups -OCH3 is 1. The molecule has 2 heterocycles. The van der Waals surface area contributed by atoms with E-state index < -0.39 is 0 Å². The third-order valence-corrected chi connectivity index (χ3v) is 4.61. The molecule has 0 spiro atoms. The van der Waals surface area contributed by atoms with E-state index in [9.17, 15) is 0 Å². The summed E-state index contributed by atoms with van der Waals surface area (Å²) in [4.78, 5) is 2.54. The minimum Gasteiger partial charge on any atom is -0.496 e. The largest absolute Gasteiger partial charge is 0.496 e. The van der Waals surface area contributed by atoms with Crippen LogP contribution in [0.3, 0.4) is 0 Å². The van der Waals surface area contributed by atoms with Gasteiger partial charge in [-0.25, -0.2) is 0 Å². The van der Waals surface area contributed by atoms with Gasteiger partial charge in [0, 0.05) is 13.1 Å². The van der Waals surface area contributed by atoms with Crippen molar-refractivity contribution < 1.29 is 9.15 Å². The number of aromatic nitrogens is 2. The van der Waals surface area contributed by atoms with Crippen LogP contribution in [0.15, 0.2) is 28.7 Å². The maximum Gasteiger partial charge on any atom is 0.251 e. The van der Waals surface area contributed by atoms with E-state index in [2.05, 4.69) is 15.1 Å². The van der Waals surface area contributed by atoms with Crippen molar-refractivity contribution in [2.24, 2.45) is 5.92 Å². The van der Waals surface area contributed by atoms with Gasteiger partial charge in [0.25, 0.3) is 5.89 Å². The lowest BCUT2D eigenvalue weighted by atomic mass is 10.1. The topological polar surface area (TPSA) is 51.4 Å². The number of para-hydroxylation sites is 1. The average Bonchev–Trinajstić information content (AvgIpc) is 3.03. The van der Waals surface area contributed by atoms with Gasteiger partial charge in [-0.15, -0.1) is 10.2 Å². The Bertz CT molecular complexity index is 651. The first kappa shape index (κ1) is 13.8. The van der Waals surface area contributed by atoms with Crippen LogP contribution in [-0.4, -0.2) is 41.8 Å². The molecule has 22 heavy (non-hydrogen) atoms. The Hall–Kier alpha value is -1.88. The third kappa shape index (κ3) is 2.73. The van der Waals surface area contributed by atoms with E-state index in [1.54, 1.807) is 7.11 Å². The molecule has 0 bridgehead atoms. The second-order valence-corrected chi connectivity index (χ2v) is 6.33. The van der Waals surface area contributed by atoms with Gasteiger partial charge in [0.15, 0.2) is 0 Å². The number of hydrogen-bond acceptors (Lipinski definition) is 5. The van der Waals surface area contributed by atoms with Crippen LogP contribution < -0.4 is 4.74 Å². The Morgan fingerprint density at radius 3 is 2.91 bits per heavy atom. The molecular weight excluding hydrogens is 278 g/mol. The Morgan fingerprint density at radius 1 is 1.23 bits per heavy atom. The fraction of sp³-hybridized carbons (Fsp3) is 0.529. The van der Waals surface area contributed by atoms with Crippen molar-refractivity contribution in [3.8, 4) is 17.2 Å². The molecule has 1 aromatic heterocycles.